The molecule has 0 N–H and O–H groups in total. The zero-order chi connectivity index (χ0) is 10.8. The van der Waals surface area contributed by atoms with Crippen molar-refractivity contribution in [2.75, 3.05) is 7.11 Å². The van der Waals surface area contributed by atoms with Crippen LogP contribution in [0.15, 0.2) is 12.4 Å². The maximum atomic E-state index is 11.2. The molecule has 1 aliphatic rings. The fourth-order valence-corrected chi connectivity index (χ4v) is 1.05. The van der Waals surface area contributed by atoms with Gasteiger partial charge in [-0.2, -0.15) is 0 Å². The van der Waals surface area contributed by atoms with E-state index in [1.54, 1.807) is 0 Å². The lowest BCUT2D eigenvalue weighted by molar-refractivity contribution is -0.134. The summed E-state index contributed by atoms with van der Waals surface area (Å²) in [4.78, 5) is 25.8. The molecular weight excluding hydrogens is 202 g/mol. The summed E-state index contributed by atoms with van der Waals surface area (Å²) in [7, 11) is 1.21. The molecule has 0 bridgehead atoms. The van der Waals surface area contributed by atoms with Crippen LogP contribution >= 0.6 is 0 Å². The van der Waals surface area contributed by atoms with Crippen molar-refractivity contribution >= 4 is 17.7 Å². The molecule has 2 rings (SSSR count). The van der Waals surface area contributed by atoms with Crippen molar-refractivity contribution in [3.8, 4) is 0 Å². The molecule has 2 heterocycles. The van der Waals surface area contributed by atoms with Gasteiger partial charge in [0.25, 0.3) is 0 Å². The third-order valence-electron chi connectivity index (χ3n) is 1.70. The lowest BCUT2D eigenvalue weighted by Gasteiger charge is -1.94. The van der Waals surface area contributed by atoms with Gasteiger partial charge in [-0.3, -0.25) is 0 Å². The summed E-state index contributed by atoms with van der Waals surface area (Å²) >= 11 is 0. The van der Waals surface area contributed by atoms with Crippen molar-refractivity contribution < 1.29 is 19.1 Å². The molecular formula is C8H5N3O4. The third-order valence-corrected chi connectivity index (χ3v) is 1.70. The summed E-state index contributed by atoms with van der Waals surface area (Å²) < 4.78 is 9.15. The van der Waals surface area contributed by atoms with E-state index in [1.807, 2.05) is 0 Å². The maximum absolute atomic E-state index is 11.2. The first-order chi connectivity index (χ1) is 7.22. The standard InChI is InChI=1S/C8H5N3O4/c1-14-5(12)2-4-6-7(8(13)15-4)9-3-10-11-6/h2-3H,1H3/b4-2-. The molecule has 1 aliphatic heterocycles. The number of ether oxygens (including phenoxy) is 2. The molecule has 76 valence electrons. The first kappa shape index (κ1) is 9.25. The zero-order valence-corrected chi connectivity index (χ0v) is 7.63. The number of fused-ring (bicyclic) bond motifs is 1. The van der Waals surface area contributed by atoms with Crippen molar-refractivity contribution in [1.29, 1.82) is 0 Å². The number of aromatic nitrogens is 3. The molecule has 0 radical (unpaired) electrons. The van der Waals surface area contributed by atoms with Gasteiger partial charge >= 0.3 is 11.9 Å². The Bertz CT molecular complexity index is 469. The highest BCUT2D eigenvalue weighted by Crippen LogP contribution is 2.24. The van der Waals surface area contributed by atoms with Crippen molar-refractivity contribution in [2.24, 2.45) is 0 Å². The van der Waals surface area contributed by atoms with Gasteiger partial charge in [0, 0.05) is 0 Å². The summed E-state index contributed by atoms with van der Waals surface area (Å²) in [5.41, 5.74) is 0.188. The first-order valence-corrected chi connectivity index (χ1v) is 3.92. The molecule has 15 heavy (non-hydrogen) atoms. The summed E-state index contributed by atoms with van der Waals surface area (Å²) in [5, 5.41) is 7.13. The number of hydrogen-bond acceptors (Lipinski definition) is 7. The fraction of sp³-hybridized carbons (Fsp3) is 0.125. The Kier molecular flexibility index (Phi) is 2.13. The summed E-state index contributed by atoms with van der Waals surface area (Å²) in [5.74, 6) is -1.30. The van der Waals surface area contributed by atoms with Gasteiger partial charge in [-0.05, 0) is 0 Å². The number of hydrogen-bond donors (Lipinski definition) is 0. The second-order valence-corrected chi connectivity index (χ2v) is 2.58. The molecule has 7 heteroatoms. The van der Waals surface area contributed by atoms with Gasteiger partial charge < -0.3 is 9.47 Å². The minimum Gasteiger partial charge on any atom is -0.466 e. The molecule has 0 amide bonds. The van der Waals surface area contributed by atoms with Gasteiger partial charge in [0.1, 0.15) is 6.33 Å². The Hall–Kier alpha value is -2.31. The lowest BCUT2D eigenvalue weighted by atomic mass is 10.3. The summed E-state index contributed by atoms with van der Waals surface area (Å²) in [6.07, 6.45) is 2.14. The van der Waals surface area contributed by atoms with Gasteiger partial charge in [-0.15, -0.1) is 10.2 Å². The Balaban J connectivity index is 2.45. The minimum absolute atomic E-state index is 0.00227. The van der Waals surface area contributed by atoms with Crippen LogP contribution in [0.2, 0.25) is 0 Å². The van der Waals surface area contributed by atoms with Crippen molar-refractivity contribution in [1.82, 2.24) is 15.2 Å². The molecule has 0 fully saturated rings. The molecule has 0 unspecified atom stereocenters. The van der Waals surface area contributed by atoms with Crippen LogP contribution in [-0.2, 0) is 14.3 Å². The van der Waals surface area contributed by atoms with Gasteiger partial charge in [0.15, 0.2) is 17.1 Å². The van der Waals surface area contributed by atoms with E-state index in [1.165, 1.54) is 7.11 Å². The van der Waals surface area contributed by atoms with Crippen molar-refractivity contribution in [3.63, 3.8) is 0 Å². The van der Waals surface area contributed by atoms with Gasteiger partial charge in [-0.1, -0.05) is 0 Å². The van der Waals surface area contributed by atoms with Crippen LogP contribution < -0.4 is 0 Å². The maximum Gasteiger partial charge on any atom is 0.364 e. The van der Waals surface area contributed by atoms with Crippen LogP contribution in [0.5, 0.6) is 0 Å². The average Bonchev–Trinajstić information content (AvgIpc) is 2.57. The van der Waals surface area contributed by atoms with E-state index in [0.29, 0.717) is 0 Å². The van der Waals surface area contributed by atoms with Crippen molar-refractivity contribution in [2.45, 2.75) is 0 Å². The molecule has 0 saturated heterocycles. The molecule has 0 saturated carbocycles. The first-order valence-electron chi connectivity index (χ1n) is 3.92. The predicted octanol–water partition coefficient (Wildman–Crippen LogP) is -0.444. The number of carbonyl (C=O) groups excluding carboxylic acids is 2. The Labute approximate surface area is 83.7 Å². The predicted molar refractivity (Wildman–Crippen MR) is 45.2 cm³/mol. The van der Waals surface area contributed by atoms with E-state index in [9.17, 15) is 9.59 Å². The second kappa shape index (κ2) is 3.45. The van der Waals surface area contributed by atoms with E-state index in [2.05, 4.69) is 19.9 Å². The minimum atomic E-state index is -0.657. The van der Waals surface area contributed by atoms with E-state index < -0.39 is 11.9 Å². The van der Waals surface area contributed by atoms with E-state index in [4.69, 9.17) is 4.74 Å². The molecule has 7 nitrogen and oxygen atoms in total. The number of rotatable bonds is 1. The quantitative estimate of drug-likeness (QED) is 0.455. The van der Waals surface area contributed by atoms with E-state index in [-0.39, 0.29) is 17.1 Å². The van der Waals surface area contributed by atoms with Crippen LogP contribution in [-0.4, -0.2) is 34.2 Å². The van der Waals surface area contributed by atoms with Crippen LogP contribution in [0.4, 0.5) is 0 Å². The van der Waals surface area contributed by atoms with Crippen molar-refractivity contribution in [3.05, 3.63) is 23.8 Å². The second-order valence-electron chi connectivity index (χ2n) is 2.58. The van der Waals surface area contributed by atoms with E-state index >= 15 is 0 Å². The van der Waals surface area contributed by atoms with Crippen LogP contribution in [0.1, 0.15) is 16.2 Å². The van der Waals surface area contributed by atoms with Gasteiger partial charge in [0.2, 0.25) is 0 Å². The largest absolute Gasteiger partial charge is 0.466 e. The smallest absolute Gasteiger partial charge is 0.364 e. The number of cyclic esters (lactones) is 1. The fourth-order valence-electron chi connectivity index (χ4n) is 1.05. The Morgan fingerprint density at radius 3 is 3.07 bits per heavy atom. The molecule has 1 aromatic heterocycles. The summed E-state index contributed by atoms with van der Waals surface area (Å²) in [6, 6.07) is 0. The Morgan fingerprint density at radius 1 is 1.53 bits per heavy atom. The third kappa shape index (κ3) is 1.54. The molecule has 1 aromatic rings. The SMILES string of the molecule is COC(=O)/C=C1\OC(=O)c2ncnnc21. The molecule has 0 aromatic carbocycles. The molecule has 0 atom stereocenters. The number of esters is 2. The highest BCUT2D eigenvalue weighted by Gasteiger charge is 2.30. The normalized spacial score (nSPS) is 16.1. The van der Waals surface area contributed by atoms with Crippen LogP contribution in [0.3, 0.4) is 0 Å². The number of nitrogens with zero attached hydrogens (tertiary/aromatic N) is 3. The van der Waals surface area contributed by atoms with Gasteiger partial charge in [-0.25, -0.2) is 14.6 Å². The topological polar surface area (TPSA) is 91.3 Å². The zero-order valence-electron chi connectivity index (χ0n) is 7.63. The summed E-state index contributed by atoms with van der Waals surface area (Å²) in [6.45, 7) is 0. The van der Waals surface area contributed by atoms with Gasteiger partial charge in [0.05, 0.1) is 13.2 Å². The van der Waals surface area contributed by atoms with Crippen LogP contribution in [0, 0.1) is 0 Å². The molecule has 0 aliphatic carbocycles. The number of carbonyl (C=O) groups is 2. The molecule has 0 spiro atoms. The monoisotopic (exact) mass is 207 g/mol. The lowest BCUT2D eigenvalue weighted by Crippen LogP contribution is -1.99. The average molecular weight is 207 g/mol. The number of methoxy groups -OCH3 is 1. The van der Waals surface area contributed by atoms with E-state index in [0.717, 1.165) is 12.4 Å². The highest BCUT2D eigenvalue weighted by atomic mass is 16.5. The van der Waals surface area contributed by atoms with Crippen LogP contribution in [0.25, 0.3) is 5.76 Å². The Morgan fingerprint density at radius 2 is 2.33 bits per heavy atom. The highest BCUT2D eigenvalue weighted by molar-refractivity contribution is 6.03.